The zero-order valence-corrected chi connectivity index (χ0v) is 17.3. The normalized spacial score (nSPS) is 11.0. The Labute approximate surface area is 177 Å². The van der Waals surface area contributed by atoms with E-state index in [0.29, 0.717) is 21.6 Å². The second kappa shape index (κ2) is 8.12. The Kier molecular flexibility index (Phi) is 5.37. The molecule has 30 heavy (non-hydrogen) atoms. The highest BCUT2D eigenvalue weighted by Crippen LogP contribution is 2.21. The number of halogens is 1. The van der Waals surface area contributed by atoms with Crippen molar-refractivity contribution in [2.45, 2.75) is 26.9 Å². The van der Waals surface area contributed by atoms with Crippen molar-refractivity contribution in [2.24, 2.45) is 0 Å². The molecule has 2 aromatic heterocycles. The van der Waals surface area contributed by atoms with Crippen molar-refractivity contribution in [2.75, 3.05) is 0 Å². The molecule has 0 aliphatic rings. The van der Waals surface area contributed by atoms with Crippen molar-refractivity contribution in [1.82, 2.24) is 24.9 Å². The second-order valence-corrected chi connectivity index (χ2v) is 7.38. The van der Waals surface area contributed by atoms with Gasteiger partial charge in [-0.15, -0.1) is 0 Å². The molecule has 0 atom stereocenters. The topological polar surface area (TPSA) is 81.8 Å². The van der Waals surface area contributed by atoms with Gasteiger partial charge in [-0.3, -0.25) is 9.59 Å². The number of carbonyl (C=O) groups excluding carboxylic acids is 1. The molecule has 4 rings (SSSR count). The monoisotopic (exact) mass is 421 g/mol. The van der Waals surface area contributed by atoms with Gasteiger partial charge in [-0.25, -0.2) is 9.36 Å². The van der Waals surface area contributed by atoms with Gasteiger partial charge in [0.05, 0.1) is 22.5 Å². The summed E-state index contributed by atoms with van der Waals surface area (Å²) in [5, 5.41) is 12.9. The van der Waals surface area contributed by atoms with Crippen LogP contribution in [0.3, 0.4) is 0 Å². The van der Waals surface area contributed by atoms with Crippen LogP contribution in [0, 0.1) is 13.8 Å². The number of hydrogen-bond donors (Lipinski definition) is 1. The molecule has 0 aliphatic carbocycles. The summed E-state index contributed by atoms with van der Waals surface area (Å²) in [6, 6.07) is 16.9. The Morgan fingerprint density at radius 2 is 1.73 bits per heavy atom. The summed E-state index contributed by atoms with van der Waals surface area (Å²) in [6.07, 6.45) is 0. The summed E-state index contributed by atoms with van der Waals surface area (Å²) in [5.41, 5.74) is 3.02. The van der Waals surface area contributed by atoms with Crippen molar-refractivity contribution in [3.05, 3.63) is 86.9 Å². The lowest BCUT2D eigenvalue weighted by Gasteiger charge is -2.09. The minimum Gasteiger partial charge on any atom is -0.350 e. The first-order chi connectivity index (χ1) is 14.5. The smallest absolute Gasteiger partial charge is 0.295 e. The molecule has 4 aromatic rings. The molecule has 1 N–H and O–H groups in total. The molecule has 0 fully saturated rings. The molecule has 0 saturated carbocycles. The van der Waals surface area contributed by atoms with Gasteiger partial charge in [0.25, 0.3) is 5.56 Å². The van der Waals surface area contributed by atoms with E-state index in [9.17, 15) is 9.59 Å². The van der Waals surface area contributed by atoms with E-state index in [1.165, 1.54) is 0 Å². The minimum absolute atomic E-state index is 0.197. The third-order valence-corrected chi connectivity index (χ3v) is 5.28. The number of benzene rings is 2. The van der Waals surface area contributed by atoms with E-state index in [-0.39, 0.29) is 19.0 Å². The molecule has 1 amide bonds. The highest BCUT2D eigenvalue weighted by molar-refractivity contribution is 6.31. The largest absolute Gasteiger partial charge is 0.350 e. The van der Waals surface area contributed by atoms with E-state index in [1.807, 2.05) is 62.4 Å². The second-order valence-electron chi connectivity index (χ2n) is 6.97. The van der Waals surface area contributed by atoms with Crippen LogP contribution < -0.4 is 10.9 Å². The highest BCUT2D eigenvalue weighted by Gasteiger charge is 2.18. The number of aromatic nitrogens is 4. The van der Waals surface area contributed by atoms with Crippen LogP contribution in [0.5, 0.6) is 0 Å². The minimum atomic E-state index is -0.402. The van der Waals surface area contributed by atoms with E-state index < -0.39 is 5.56 Å². The number of aryl methyl sites for hydroxylation is 2. The average molecular weight is 422 g/mol. The van der Waals surface area contributed by atoms with Crippen LogP contribution in [0.25, 0.3) is 16.6 Å². The Morgan fingerprint density at radius 3 is 2.47 bits per heavy atom. The van der Waals surface area contributed by atoms with Crippen LogP contribution in [0.1, 0.15) is 17.0 Å². The maximum Gasteiger partial charge on any atom is 0.295 e. The fraction of sp³-hybridized carbons (Fsp3) is 0.182. The van der Waals surface area contributed by atoms with E-state index in [4.69, 9.17) is 11.6 Å². The van der Waals surface area contributed by atoms with Crippen LogP contribution in [-0.4, -0.2) is 25.5 Å². The predicted molar refractivity (Wildman–Crippen MR) is 116 cm³/mol. The molecule has 8 heteroatoms. The molecular formula is C22H20ClN5O2. The molecule has 7 nitrogen and oxygen atoms in total. The Morgan fingerprint density at radius 1 is 1.03 bits per heavy atom. The van der Waals surface area contributed by atoms with Gasteiger partial charge in [-0.2, -0.15) is 10.2 Å². The lowest BCUT2D eigenvalue weighted by molar-refractivity contribution is -0.122. The van der Waals surface area contributed by atoms with Crippen molar-refractivity contribution >= 4 is 28.4 Å². The number of hydrogen-bond acceptors (Lipinski definition) is 4. The molecule has 152 valence electrons. The quantitative estimate of drug-likeness (QED) is 0.536. The van der Waals surface area contributed by atoms with Crippen molar-refractivity contribution in [3.8, 4) is 5.69 Å². The SMILES string of the molecule is Cc1nn(CC(=O)NCc2ccccc2Cl)c(=O)c2nn(-c3ccccc3)c(C)c12. The maximum absolute atomic E-state index is 13.0. The Bertz CT molecular complexity index is 1290. The van der Waals surface area contributed by atoms with Gasteiger partial charge >= 0.3 is 0 Å². The van der Waals surface area contributed by atoms with Gasteiger partial charge in [0.15, 0.2) is 5.52 Å². The molecule has 0 bridgehead atoms. The van der Waals surface area contributed by atoms with Gasteiger partial charge in [0.1, 0.15) is 6.54 Å². The van der Waals surface area contributed by atoms with Gasteiger partial charge < -0.3 is 5.32 Å². The van der Waals surface area contributed by atoms with Gasteiger partial charge in [-0.1, -0.05) is 48.0 Å². The fourth-order valence-electron chi connectivity index (χ4n) is 3.44. The maximum atomic E-state index is 13.0. The lowest BCUT2D eigenvalue weighted by atomic mass is 10.2. The first-order valence-corrected chi connectivity index (χ1v) is 9.86. The first kappa shape index (κ1) is 19.8. The summed E-state index contributed by atoms with van der Waals surface area (Å²) >= 11 is 6.12. The van der Waals surface area contributed by atoms with E-state index in [1.54, 1.807) is 10.7 Å². The van der Waals surface area contributed by atoms with Gasteiger partial charge in [0.2, 0.25) is 5.91 Å². The molecule has 2 aromatic carbocycles. The number of rotatable bonds is 5. The summed E-state index contributed by atoms with van der Waals surface area (Å²) in [6.45, 7) is 3.79. The van der Waals surface area contributed by atoms with Crippen LogP contribution in [0.2, 0.25) is 5.02 Å². The van der Waals surface area contributed by atoms with Crippen LogP contribution in [0.4, 0.5) is 0 Å². The van der Waals surface area contributed by atoms with Gasteiger partial charge in [0, 0.05) is 11.6 Å². The summed E-state index contributed by atoms with van der Waals surface area (Å²) in [7, 11) is 0. The summed E-state index contributed by atoms with van der Waals surface area (Å²) in [4.78, 5) is 25.4. The lowest BCUT2D eigenvalue weighted by Crippen LogP contribution is -2.34. The van der Waals surface area contributed by atoms with Crippen molar-refractivity contribution in [3.63, 3.8) is 0 Å². The van der Waals surface area contributed by atoms with Gasteiger partial charge in [-0.05, 0) is 37.6 Å². The molecule has 0 saturated heterocycles. The highest BCUT2D eigenvalue weighted by atomic mass is 35.5. The summed E-state index contributed by atoms with van der Waals surface area (Å²) < 4.78 is 2.88. The Balaban J connectivity index is 1.62. The number of carbonyl (C=O) groups is 1. The number of nitrogens with one attached hydrogen (secondary N) is 1. The predicted octanol–water partition coefficient (Wildman–Crippen LogP) is 3.17. The molecule has 0 unspecified atom stereocenters. The van der Waals surface area contributed by atoms with Crippen LogP contribution >= 0.6 is 11.6 Å². The van der Waals surface area contributed by atoms with Crippen molar-refractivity contribution < 1.29 is 4.79 Å². The van der Waals surface area contributed by atoms with E-state index in [2.05, 4.69) is 15.5 Å². The third-order valence-electron chi connectivity index (χ3n) is 4.91. The average Bonchev–Trinajstić information content (AvgIpc) is 3.10. The van der Waals surface area contributed by atoms with Crippen molar-refractivity contribution in [1.29, 1.82) is 0 Å². The number of amides is 1. The van der Waals surface area contributed by atoms with E-state index in [0.717, 1.165) is 21.6 Å². The molecule has 2 heterocycles. The fourth-order valence-corrected chi connectivity index (χ4v) is 3.64. The third kappa shape index (κ3) is 3.71. The zero-order chi connectivity index (χ0) is 21.3. The first-order valence-electron chi connectivity index (χ1n) is 9.48. The number of para-hydroxylation sites is 1. The molecule has 0 spiro atoms. The summed E-state index contributed by atoms with van der Waals surface area (Å²) in [5.74, 6) is -0.331. The standard InChI is InChI=1S/C22H20ClN5O2/c1-14-20-15(2)28(17-9-4-3-5-10-17)26-21(20)22(30)27(25-14)13-19(29)24-12-16-8-6-7-11-18(16)23/h3-11H,12-13H2,1-2H3,(H,24,29). The zero-order valence-electron chi connectivity index (χ0n) is 16.6. The number of fused-ring (bicyclic) bond motifs is 1. The van der Waals surface area contributed by atoms with Crippen LogP contribution in [0.15, 0.2) is 59.4 Å². The molecular weight excluding hydrogens is 402 g/mol. The molecule has 0 aliphatic heterocycles. The Hall–Kier alpha value is -3.45. The van der Waals surface area contributed by atoms with Crippen LogP contribution in [-0.2, 0) is 17.9 Å². The number of nitrogens with zero attached hydrogens (tertiary/aromatic N) is 4. The molecule has 0 radical (unpaired) electrons. The van der Waals surface area contributed by atoms with E-state index >= 15 is 0 Å².